The Morgan fingerprint density at radius 1 is 1.39 bits per heavy atom. The fourth-order valence-electron chi connectivity index (χ4n) is 2.01. The van der Waals surface area contributed by atoms with Crippen LogP contribution < -0.4 is 5.73 Å². The van der Waals surface area contributed by atoms with E-state index in [-0.39, 0.29) is 6.04 Å². The number of ether oxygens (including phenoxy) is 1. The first-order valence-electron chi connectivity index (χ1n) is 5.98. The van der Waals surface area contributed by atoms with E-state index in [0.717, 1.165) is 17.7 Å². The molecule has 18 heavy (non-hydrogen) atoms. The molecule has 0 amide bonds. The molecule has 0 saturated heterocycles. The van der Waals surface area contributed by atoms with Crippen molar-refractivity contribution < 1.29 is 4.74 Å². The summed E-state index contributed by atoms with van der Waals surface area (Å²) in [5.74, 6) is 0. The zero-order valence-electron chi connectivity index (χ0n) is 10.7. The van der Waals surface area contributed by atoms with Gasteiger partial charge in [0.05, 0.1) is 30.9 Å². The van der Waals surface area contributed by atoms with Crippen LogP contribution in [0.25, 0.3) is 11.3 Å². The van der Waals surface area contributed by atoms with Crippen molar-refractivity contribution in [3.63, 3.8) is 0 Å². The maximum Gasteiger partial charge on any atom is 0.0954 e. The molecule has 2 aromatic heterocycles. The summed E-state index contributed by atoms with van der Waals surface area (Å²) < 4.78 is 7.34. The third kappa shape index (κ3) is 2.36. The van der Waals surface area contributed by atoms with Crippen LogP contribution in [0.2, 0.25) is 0 Å². The Morgan fingerprint density at radius 3 is 2.89 bits per heavy atom. The largest absolute Gasteiger partial charge is 0.398 e. The van der Waals surface area contributed by atoms with Crippen LogP contribution in [0, 0.1) is 0 Å². The molecular weight excluding hydrogens is 228 g/mol. The molecule has 0 aliphatic carbocycles. The van der Waals surface area contributed by atoms with Crippen molar-refractivity contribution in [3.8, 4) is 11.3 Å². The summed E-state index contributed by atoms with van der Waals surface area (Å²) in [6.45, 7) is 2.78. The predicted molar refractivity (Wildman–Crippen MR) is 71.1 cm³/mol. The molecular formula is C13H18N4O. The van der Waals surface area contributed by atoms with Crippen LogP contribution in [-0.4, -0.2) is 28.3 Å². The highest BCUT2D eigenvalue weighted by Gasteiger charge is 2.15. The highest BCUT2D eigenvalue weighted by Crippen LogP contribution is 2.27. The standard InChI is InChI=1S/C13H18N4O/c1-3-10(8-18-2)17-9-16-7-13(17)11-6-15-5-4-12(11)14/h4-7,9-10H,3,8H2,1-2H3,(H2,14,15). The summed E-state index contributed by atoms with van der Waals surface area (Å²) in [5.41, 5.74) is 8.57. The lowest BCUT2D eigenvalue weighted by atomic mass is 10.1. The van der Waals surface area contributed by atoms with Gasteiger partial charge in [-0.2, -0.15) is 0 Å². The minimum absolute atomic E-state index is 0.257. The van der Waals surface area contributed by atoms with Crippen LogP contribution in [0.3, 0.4) is 0 Å². The fraction of sp³-hybridized carbons (Fsp3) is 0.385. The lowest BCUT2D eigenvalue weighted by Gasteiger charge is -2.19. The van der Waals surface area contributed by atoms with Crippen molar-refractivity contribution in [2.45, 2.75) is 19.4 Å². The molecule has 1 atom stereocenters. The van der Waals surface area contributed by atoms with Gasteiger partial charge in [-0.1, -0.05) is 6.92 Å². The normalized spacial score (nSPS) is 12.6. The highest BCUT2D eigenvalue weighted by atomic mass is 16.5. The van der Waals surface area contributed by atoms with Crippen molar-refractivity contribution in [2.24, 2.45) is 0 Å². The van der Waals surface area contributed by atoms with Crippen molar-refractivity contribution in [1.29, 1.82) is 0 Å². The molecule has 0 aromatic carbocycles. The quantitative estimate of drug-likeness (QED) is 0.877. The second kappa shape index (κ2) is 5.64. The number of nitrogen functional groups attached to an aromatic ring is 1. The van der Waals surface area contributed by atoms with Gasteiger partial charge in [-0.25, -0.2) is 4.98 Å². The molecule has 0 aliphatic rings. The van der Waals surface area contributed by atoms with Crippen molar-refractivity contribution in [2.75, 3.05) is 19.5 Å². The number of pyridine rings is 1. The third-order valence-corrected chi connectivity index (χ3v) is 3.02. The molecule has 0 spiro atoms. The lowest BCUT2D eigenvalue weighted by Crippen LogP contribution is -2.14. The molecule has 96 valence electrons. The molecule has 5 nitrogen and oxygen atoms in total. The Kier molecular flexibility index (Phi) is 3.94. The number of imidazole rings is 1. The summed E-state index contributed by atoms with van der Waals surface area (Å²) in [6.07, 6.45) is 8.05. The monoisotopic (exact) mass is 246 g/mol. The van der Waals surface area contributed by atoms with E-state index in [2.05, 4.69) is 21.5 Å². The average molecular weight is 246 g/mol. The van der Waals surface area contributed by atoms with Crippen LogP contribution in [0.1, 0.15) is 19.4 Å². The second-order valence-electron chi connectivity index (χ2n) is 4.17. The van der Waals surface area contributed by atoms with Gasteiger partial charge in [-0.15, -0.1) is 0 Å². The minimum Gasteiger partial charge on any atom is -0.398 e. The maximum atomic E-state index is 5.98. The molecule has 2 rings (SSSR count). The molecule has 0 bridgehead atoms. The number of hydrogen-bond donors (Lipinski definition) is 1. The number of nitrogens with two attached hydrogens (primary N) is 1. The average Bonchev–Trinajstić information content (AvgIpc) is 2.85. The van der Waals surface area contributed by atoms with E-state index in [1.807, 2.05) is 12.5 Å². The molecule has 1 unspecified atom stereocenters. The number of hydrogen-bond acceptors (Lipinski definition) is 4. The maximum absolute atomic E-state index is 5.98. The summed E-state index contributed by atoms with van der Waals surface area (Å²) >= 11 is 0. The van der Waals surface area contributed by atoms with E-state index in [1.165, 1.54) is 0 Å². The Balaban J connectivity index is 2.41. The van der Waals surface area contributed by atoms with Gasteiger partial charge < -0.3 is 15.0 Å². The van der Waals surface area contributed by atoms with Gasteiger partial charge in [0.25, 0.3) is 0 Å². The number of aromatic nitrogens is 3. The van der Waals surface area contributed by atoms with Gasteiger partial charge in [0, 0.05) is 30.8 Å². The highest BCUT2D eigenvalue weighted by molar-refractivity contribution is 5.72. The van der Waals surface area contributed by atoms with E-state index < -0.39 is 0 Å². The molecule has 0 aliphatic heterocycles. The smallest absolute Gasteiger partial charge is 0.0954 e. The summed E-state index contributed by atoms with van der Waals surface area (Å²) in [4.78, 5) is 8.34. The number of nitrogens with zero attached hydrogens (tertiary/aromatic N) is 3. The van der Waals surface area contributed by atoms with Gasteiger partial charge >= 0.3 is 0 Å². The van der Waals surface area contributed by atoms with Crippen molar-refractivity contribution in [1.82, 2.24) is 14.5 Å². The molecule has 0 radical (unpaired) electrons. The minimum atomic E-state index is 0.257. The number of rotatable bonds is 5. The van der Waals surface area contributed by atoms with Gasteiger partial charge in [0.15, 0.2) is 0 Å². The zero-order valence-corrected chi connectivity index (χ0v) is 10.7. The SMILES string of the molecule is CCC(COC)n1cncc1-c1cnccc1N. The summed E-state index contributed by atoms with van der Waals surface area (Å²) in [6, 6.07) is 2.05. The molecule has 0 fully saturated rings. The molecule has 0 saturated carbocycles. The predicted octanol–water partition coefficient (Wildman–Crippen LogP) is 2.12. The lowest BCUT2D eigenvalue weighted by molar-refractivity contribution is 0.153. The molecule has 2 aromatic rings. The third-order valence-electron chi connectivity index (χ3n) is 3.02. The van der Waals surface area contributed by atoms with Crippen molar-refractivity contribution >= 4 is 5.69 Å². The topological polar surface area (TPSA) is 66.0 Å². The number of methoxy groups -OCH3 is 1. The van der Waals surface area contributed by atoms with Gasteiger partial charge in [-0.3, -0.25) is 4.98 Å². The van der Waals surface area contributed by atoms with E-state index in [4.69, 9.17) is 10.5 Å². The zero-order chi connectivity index (χ0) is 13.0. The summed E-state index contributed by atoms with van der Waals surface area (Å²) in [5, 5.41) is 0. The van der Waals surface area contributed by atoms with Gasteiger partial charge in [0.2, 0.25) is 0 Å². The van der Waals surface area contributed by atoms with Gasteiger partial charge in [0.1, 0.15) is 0 Å². The van der Waals surface area contributed by atoms with E-state index >= 15 is 0 Å². The Morgan fingerprint density at radius 2 is 2.22 bits per heavy atom. The summed E-state index contributed by atoms with van der Waals surface area (Å²) in [7, 11) is 1.71. The Labute approximate surface area is 107 Å². The van der Waals surface area contributed by atoms with Crippen LogP contribution in [0.15, 0.2) is 31.0 Å². The van der Waals surface area contributed by atoms with E-state index in [0.29, 0.717) is 12.3 Å². The second-order valence-corrected chi connectivity index (χ2v) is 4.17. The number of anilines is 1. The van der Waals surface area contributed by atoms with Crippen molar-refractivity contribution in [3.05, 3.63) is 31.0 Å². The van der Waals surface area contributed by atoms with E-state index in [9.17, 15) is 0 Å². The van der Waals surface area contributed by atoms with Crippen LogP contribution in [-0.2, 0) is 4.74 Å². The van der Waals surface area contributed by atoms with Crippen LogP contribution in [0.5, 0.6) is 0 Å². The first kappa shape index (κ1) is 12.6. The van der Waals surface area contributed by atoms with Gasteiger partial charge in [-0.05, 0) is 12.5 Å². The molecule has 2 N–H and O–H groups in total. The Bertz CT molecular complexity index is 509. The Hall–Kier alpha value is -1.88. The fourth-order valence-corrected chi connectivity index (χ4v) is 2.01. The van der Waals surface area contributed by atoms with E-state index in [1.54, 1.807) is 25.6 Å². The first-order valence-corrected chi connectivity index (χ1v) is 5.98. The van der Waals surface area contributed by atoms with Crippen LogP contribution >= 0.6 is 0 Å². The molecule has 2 heterocycles. The van der Waals surface area contributed by atoms with Crippen LogP contribution in [0.4, 0.5) is 5.69 Å². The first-order chi connectivity index (χ1) is 8.77. The molecule has 5 heteroatoms.